The summed E-state index contributed by atoms with van der Waals surface area (Å²) in [4.78, 5) is 6.25. The maximum absolute atomic E-state index is 5.75. The molecule has 3 nitrogen and oxygen atoms in total. The van der Waals surface area contributed by atoms with Crippen molar-refractivity contribution in [2.45, 2.75) is 19.5 Å². The summed E-state index contributed by atoms with van der Waals surface area (Å²) in [5.41, 5.74) is 3.59. The van der Waals surface area contributed by atoms with E-state index in [1.807, 2.05) is 36.7 Å². The third-order valence-corrected chi connectivity index (χ3v) is 4.70. The van der Waals surface area contributed by atoms with E-state index in [0.717, 1.165) is 18.2 Å². The van der Waals surface area contributed by atoms with E-state index in [9.17, 15) is 0 Å². The van der Waals surface area contributed by atoms with E-state index in [-0.39, 0.29) is 6.04 Å². The number of nitrogens with zero attached hydrogens (tertiary/aromatic N) is 2. The van der Waals surface area contributed by atoms with E-state index in [1.165, 1.54) is 16.7 Å². The molecule has 0 aliphatic heterocycles. The van der Waals surface area contributed by atoms with Gasteiger partial charge in [-0.15, -0.1) is 0 Å². The largest absolute Gasteiger partial charge is 0.352 e. The third kappa shape index (κ3) is 4.67. The molecule has 3 aromatic rings. The quantitative estimate of drug-likeness (QED) is 0.651. The molecule has 0 fully saturated rings. The van der Waals surface area contributed by atoms with Crippen molar-refractivity contribution in [1.29, 1.82) is 0 Å². The molecule has 0 bridgehead atoms. The Bertz CT molecular complexity index is 767. The molecule has 0 amide bonds. The standard InChI is InChI=1S/C22H23N3S/c1-2-25(17-18-13-15-23-16-14-18)22(26)24-21(19-9-5-3-6-10-19)20-11-7-4-8-12-20/h3-16,21H,2,17H2,1H3,(H,24,26). The summed E-state index contributed by atoms with van der Waals surface area (Å²) in [5, 5.41) is 4.31. The van der Waals surface area contributed by atoms with Gasteiger partial charge in [0.1, 0.15) is 0 Å². The zero-order valence-corrected chi connectivity index (χ0v) is 15.7. The average Bonchev–Trinajstić information content (AvgIpc) is 2.72. The van der Waals surface area contributed by atoms with Gasteiger partial charge in [-0.1, -0.05) is 60.7 Å². The molecule has 132 valence electrons. The van der Waals surface area contributed by atoms with Crippen molar-refractivity contribution in [3.05, 3.63) is 102 Å². The highest BCUT2D eigenvalue weighted by Gasteiger charge is 2.17. The molecule has 26 heavy (non-hydrogen) atoms. The molecular weight excluding hydrogens is 338 g/mol. The van der Waals surface area contributed by atoms with Gasteiger partial charge in [-0.3, -0.25) is 4.98 Å². The molecule has 0 saturated heterocycles. The van der Waals surface area contributed by atoms with Crippen LogP contribution in [0.15, 0.2) is 85.2 Å². The number of nitrogens with one attached hydrogen (secondary N) is 1. The van der Waals surface area contributed by atoms with E-state index >= 15 is 0 Å². The van der Waals surface area contributed by atoms with Crippen molar-refractivity contribution in [2.75, 3.05) is 6.54 Å². The fourth-order valence-electron chi connectivity index (χ4n) is 2.90. The third-order valence-electron chi connectivity index (χ3n) is 4.33. The summed E-state index contributed by atoms with van der Waals surface area (Å²) in [7, 11) is 0. The molecule has 0 atom stereocenters. The number of thiocarbonyl (C=S) groups is 1. The lowest BCUT2D eigenvalue weighted by Gasteiger charge is -2.29. The lowest BCUT2D eigenvalue weighted by molar-refractivity contribution is 0.422. The number of hydrogen-bond acceptors (Lipinski definition) is 2. The van der Waals surface area contributed by atoms with E-state index in [4.69, 9.17) is 12.2 Å². The van der Waals surface area contributed by atoms with Crippen molar-refractivity contribution < 1.29 is 0 Å². The van der Waals surface area contributed by atoms with Crippen LogP contribution < -0.4 is 5.32 Å². The number of rotatable bonds is 6. The highest BCUT2D eigenvalue weighted by Crippen LogP contribution is 2.22. The van der Waals surface area contributed by atoms with Crippen LogP contribution in [0.5, 0.6) is 0 Å². The van der Waals surface area contributed by atoms with Gasteiger partial charge in [0.05, 0.1) is 6.04 Å². The zero-order valence-electron chi connectivity index (χ0n) is 14.9. The molecular formula is C22H23N3S. The highest BCUT2D eigenvalue weighted by molar-refractivity contribution is 7.80. The Morgan fingerprint density at radius 3 is 1.96 bits per heavy atom. The van der Waals surface area contributed by atoms with Gasteiger partial charge in [0.15, 0.2) is 5.11 Å². The summed E-state index contributed by atoms with van der Waals surface area (Å²) >= 11 is 5.75. The second kappa shape index (κ2) is 9.11. The van der Waals surface area contributed by atoms with Gasteiger partial charge in [-0.05, 0) is 48.0 Å². The Balaban J connectivity index is 1.80. The van der Waals surface area contributed by atoms with Crippen LogP contribution in [-0.4, -0.2) is 21.5 Å². The van der Waals surface area contributed by atoms with Crippen LogP contribution in [0.2, 0.25) is 0 Å². The minimum absolute atomic E-state index is 0.0244. The second-order valence-corrected chi connectivity index (χ2v) is 6.46. The summed E-state index contributed by atoms with van der Waals surface area (Å²) in [6.45, 7) is 3.72. The molecule has 0 aliphatic carbocycles. The van der Waals surface area contributed by atoms with Crippen LogP contribution in [0, 0.1) is 0 Å². The molecule has 4 heteroatoms. The van der Waals surface area contributed by atoms with E-state index in [1.54, 1.807) is 0 Å². The molecule has 0 unspecified atom stereocenters. The number of pyridine rings is 1. The van der Waals surface area contributed by atoms with Crippen LogP contribution in [0.25, 0.3) is 0 Å². The lowest BCUT2D eigenvalue weighted by atomic mass is 9.99. The summed E-state index contributed by atoms with van der Waals surface area (Å²) < 4.78 is 0. The molecule has 1 N–H and O–H groups in total. The van der Waals surface area contributed by atoms with Crippen LogP contribution in [-0.2, 0) is 6.54 Å². The maximum atomic E-state index is 5.75. The Kier molecular flexibility index (Phi) is 6.34. The Labute approximate surface area is 160 Å². The first-order chi connectivity index (χ1) is 12.8. The SMILES string of the molecule is CCN(Cc1ccncc1)C(=S)NC(c1ccccc1)c1ccccc1. The van der Waals surface area contributed by atoms with Crippen LogP contribution in [0.1, 0.15) is 29.7 Å². The van der Waals surface area contributed by atoms with Crippen LogP contribution in [0.4, 0.5) is 0 Å². The fourth-order valence-corrected chi connectivity index (χ4v) is 3.21. The van der Waals surface area contributed by atoms with Gasteiger partial charge < -0.3 is 10.2 Å². The molecule has 0 saturated carbocycles. The van der Waals surface area contributed by atoms with Gasteiger partial charge in [-0.25, -0.2) is 0 Å². The molecule has 1 heterocycles. The van der Waals surface area contributed by atoms with E-state index < -0.39 is 0 Å². The number of hydrogen-bond donors (Lipinski definition) is 1. The predicted octanol–water partition coefficient (Wildman–Crippen LogP) is 4.57. The van der Waals surface area contributed by atoms with E-state index in [2.05, 4.69) is 70.7 Å². The first-order valence-electron chi connectivity index (χ1n) is 8.82. The molecule has 3 rings (SSSR count). The van der Waals surface area contributed by atoms with E-state index in [0.29, 0.717) is 0 Å². The highest BCUT2D eigenvalue weighted by atomic mass is 32.1. The Hall–Kier alpha value is -2.72. The van der Waals surface area contributed by atoms with Gasteiger partial charge in [0, 0.05) is 25.5 Å². The van der Waals surface area contributed by atoms with Crippen LogP contribution in [0.3, 0.4) is 0 Å². The smallest absolute Gasteiger partial charge is 0.169 e. The zero-order chi connectivity index (χ0) is 18.2. The monoisotopic (exact) mass is 361 g/mol. The summed E-state index contributed by atoms with van der Waals surface area (Å²) in [5.74, 6) is 0. The summed E-state index contributed by atoms with van der Waals surface area (Å²) in [6.07, 6.45) is 3.63. The first kappa shape index (κ1) is 18.1. The van der Waals surface area contributed by atoms with Crippen molar-refractivity contribution in [2.24, 2.45) is 0 Å². The van der Waals surface area contributed by atoms with Gasteiger partial charge >= 0.3 is 0 Å². The van der Waals surface area contributed by atoms with Gasteiger partial charge in [0.2, 0.25) is 0 Å². The minimum atomic E-state index is 0.0244. The fraction of sp³-hybridized carbons (Fsp3) is 0.182. The maximum Gasteiger partial charge on any atom is 0.169 e. The normalized spacial score (nSPS) is 10.5. The topological polar surface area (TPSA) is 28.2 Å². The van der Waals surface area contributed by atoms with Gasteiger partial charge in [-0.2, -0.15) is 0 Å². The second-order valence-electron chi connectivity index (χ2n) is 6.07. The van der Waals surface area contributed by atoms with Crippen LogP contribution >= 0.6 is 12.2 Å². The predicted molar refractivity (Wildman–Crippen MR) is 111 cm³/mol. The van der Waals surface area contributed by atoms with Gasteiger partial charge in [0.25, 0.3) is 0 Å². The molecule has 1 aromatic heterocycles. The first-order valence-corrected chi connectivity index (χ1v) is 9.23. The Morgan fingerprint density at radius 1 is 0.923 bits per heavy atom. The number of aromatic nitrogens is 1. The molecule has 0 radical (unpaired) electrons. The molecule has 0 aliphatic rings. The molecule has 0 spiro atoms. The summed E-state index contributed by atoms with van der Waals surface area (Å²) in [6, 6.07) is 24.9. The number of benzene rings is 2. The molecule has 2 aromatic carbocycles. The van der Waals surface area contributed by atoms with Crippen molar-refractivity contribution >= 4 is 17.3 Å². The Morgan fingerprint density at radius 2 is 1.46 bits per heavy atom. The van der Waals surface area contributed by atoms with Crippen molar-refractivity contribution in [1.82, 2.24) is 15.2 Å². The van der Waals surface area contributed by atoms with Crippen molar-refractivity contribution in [3.63, 3.8) is 0 Å². The average molecular weight is 362 g/mol. The van der Waals surface area contributed by atoms with Crippen molar-refractivity contribution in [3.8, 4) is 0 Å². The lowest BCUT2D eigenvalue weighted by Crippen LogP contribution is -2.41. The minimum Gasteiger partial charge on any atom is -0.352 e.